The van der Waals surface area contributed by atoms with Crippen molar-refractivity contribution in [2.45, 2.75) is 6.61 Å². The van der Waals surface area contributed by atoms with Crippen LogP contribution in [0.3, 0.4) is 0 Å². The van der Waals surface area contributed by atoms with Gasteiger partial charge in [0.2, 0.25) is 5.82 Å². The first-order chi connectivity index (χ1) is 21.2. The van der Waals surface area contributed by atoms with Crippen molar-refractivity contribution in [3.8, 4) is 23.1 Å². The molecule has 2 aromatic heterocycles. The van der Waals surface area contributed by atoms with Crippen LogP contribution < -0.4 is 15.0 Å². The van der Waals surface area contributed by atoms with Crippen LogP contribution >= 0.6 is 47.8 Å². The fourth-order valence-electron chi connectivity index (χ4n) is 4.57. The molecule has 0 amide bonds. The number of para-hydroxylation sites is 1. The molecule has 0 saturated carbocycles. The molecule has 6 aromatic rings. The number of ether oxygens (including phenoxy) is 2. The van der Waals surface area contributed by atoms with Crippen molar-refractivity contribution in [3.05, 3.63) is 119 Å². The number of aromatic nitrogens is 2. The zero-order valence-corrected chi connectivity index (χ0v) is 27.5. The molecule has 0 aliphatic carbocycles. The lowest BCUT2D eigenvalue weighted by Gasteiger charge is -2.15. The monoisotopic (exact) mass is 779 g/mol. The van der Waals surface area contributed by atoms with E-state index in [0.717, 1.165) is 9.86 Å². The Morgan fingerprint density at radius 2 is 1.84 bits per heavy atom. The molecule has 0 bridgehead atoms. The van der Waals surface area contributed by atoms with E-state index in [9.17, 15) is 14.7 Å². The second-order valence-corrected chi connectivity index (χ2v) is 12.0. The maximum Gasteiger partial charge on any atom is 0.335 e. The van der Waals surface area contributed by atoms with E-state index in [1.165, 1.54) is 24.1 Å². The van der Waals surface area contributed by atoms with E-state index in [0.29, 0.717) is 53.8 Å². The van der Waals surface area contributed by atoms with Gasteiger partial charge in [0.15, 0.2) is 17.3 Å². The Morgan fingerprint density at radius 1 is 1.02 bits per heavy atom. The standard InChI is InChI=1S/C32H20Br3N3O6/c1-42-25-14-20(27(34)28(35)29(25)43-16-17-5-4-6-18(11-17)32(40)41)15-36-38-30(37-23-8-3-2-7-22(23)31(38)39)26-13-19-12-21(33)9-10-24(19)44-26/h2-15H,16H2,1H3,(H,40,41). The summed E-state index contributed by atoms with van der Waals surface area (Å²) in [6, 6.07) is 22.7. The molecule has 2 heterocycles. The van der Waals surface area contributed by atoms with Crippen LogP contribution in [0, 0.1) is 0 Å². The highest BCUT2D eigenvalue weighted by Gasteiger charge is 2.19. The lowest BCUT2D eigenvalue weighted by atomic mass is 10.1. The molecule has 44 heavy (non-hydrogen) atoms. The van der Waals surface area contributed by atoms with Crippen LogP contribution in [0.15, 0.2) is 107 Å². The molecule has 0 saturated heterocycles. The Bertz CT molecular complexity index is 2170. The molecule has 4 aromatic carbocycles. The first-order valence-electron chi connectivity index (χ1n) is 13.0. The number of benzene rings is 4. The quantitative estimate of drug-likeness (QED) is 0.155. The van der Waals surface area contributed by atoms with E-state index >= 15 is 0 Å². The molecule has 0 spiro atoms. The number of rotatable bonds is 8. The number of nitrogens with zero attached hydrogens (tertiary/aromatic N) is 3. The summed E-state index contributed by atoms with van der Waals surface area (Å²) in [5.74, 6) is 0.391. The zero-order chi connectivity index (χ0) is 31.0. The Hall–Kier alpha value is -4.26. The molecule has 0 aliphatic heterocycles. The normalized spacial score (nSPS) is 11.5. The van der Waals surface area contributed by atoms with Crippen molar-refractivity contribution in [2.24, 2.45) is 5.10 Å². The molecule has 0 radical (unpaired) electrons. The van der Waals surface area contributed by atoms with Gasteiger partial charge in [-0.1, -0.05) is 40.2 Å². The van der Waals surface area contributed by atoms with E-state index in [1.54, 1.807) is 42.5 Å². The number of hydrogen-bond acceptors (Lipinski definition) is 7. The van der Waals surface area contributed by atoms with Crippen LogP contribution in [0.4, 0.5) is 0 Å². The second-order valence-electron chi connectivity index (χ2n) is 9.53. The van der Waals surface area contributed by atoms with Crippen molar-refractivity contribution < 1.29 is 23.8 Å². The molecular formula is C32H20Br3N3O6. The summed E-state index contributed by atoms with van der Waals surface area (Å²) in [6.45, 7) is 0.103. The average Bonchev–Trinajstić information content (AvgIpc) is 3.45. The van der Waals surface area contributed by atoms with Gasteiger partial charge in [-0.3, -0.25) is 4.79 Å². The summed E-state index contributed by atoms with van der Waals surface area (Å²) in [5.41, 5.74) is 2.21. The summed E-state index contributed by atoms with van der Waals surface area (Å²) in [5, 5.41) is 15.1. The van der Waals surface area contributed by atoms with E-state index in [2.05, 4.69) is 52.9 Å². The fourth-order valence-corrected chi connectivity index (χ4v) is 5.88. The van der Waals surface area contributed by atoms with Gasteiger partial charge in [0.25, 0.3) is 5.56 Å². The number of carbonyl (C=O) groups is 1. The van der Waals surface area contributed by atoms with Crippen molar-refractivity contribution in [1.82, 2.24) is 9.66 Å². The SMILES string of the molecule is COc1cc(C=Nn2c(-c3cc4cc(Br)ccc4o3)nc3ccccc3c2=O)c(Br)c(Br)c1OCc1cccc(C(=O)O)c1. The zero-order valence-electron chi connectivity index (χ0n) is 22.8. The predicted octanol–water partition coefficient (Wildman–Crippen LogP) is 8.27. The topological polar surface area (TPSA) is 116 Å². The van der Waals surface area contributed by atoms with Crippen LogP contribution in [-0.4, -0.2) is 34.1 Å². The minimum absolute atomic E-state index is 0.103. The number of aromatic carboxylic acids is 1. The Labute approximate surface area is 275 Å². The van der Waals surface area contributed by atoms with Gasteiger partial charge in [0.1, 0.15) is 12.2 Å². The number of carboxylic acid groups (broad SMARTS) is 1. The maximum atomic E-state index is 13.7. The third-order valence-corrected chi connectivity index (χ3v) is 9.33. The maximum absolute atomic E-state index is 13.7. The average molecular weight is 782 g/mol. The van der Waals surface area contributed by atoms with Gasteiger partial charge in [0, 0.05) is 19.9 Å². The molecule has 0 aliphatic rings. The van der Waals surface area contributed by atoms with Crippen LogP contribution in [0.5, 0.6) is 11.5 Å². The first kappa shape index (κ1) is 29.8. The van der Waals surface area contributed by atoms with Gasteiger partial charge in [-0.05, 0) is 92.0 Å². The molecule has 6 rings (SSSR count). The third kappa shape index (κ3) is 5.80. The number of methoxy groups -OCH3 is 1. The predicted molar refractivity (Wildman–Crippen MR) is 178 cm³/mol. The van der Waals surface area contributed by atoms with Crippen molar-refractivity contribution in [2.75, 3.05) is 7.11 Å². The molecular weight excluding hydrogens is 762 g/mol. The van der Waals surface area contributed by atoms with Crippen molar-refractivity contribution >= 4 is 81.8 Å². The molecule has 1 N–H and O–H groups in total. The smallest absolute Gasteiger partial charge is 0.335 e. The summed E-state index contributed by atoms with van der Waals surface area (Å²) < 4.78 is 21.0. The Kier molecular flexibility index (Phi) is 8.39. The molecule has 0 fully saturated rings. The summed E-state index contributed by atoms with van der Waals surface area (Å²) in [7, 11) is 1.50. The Morgan fingerprint density at radius 3 is 2.64 bits per heavy atom. The van der Waals surface area contributed by atoms with E-state index in [-0.39, 0.29) is 23.6 Å². The molecule has 9 nitrogen and oxygen atoms in total. The van der Waals surface area contributed by atoms with Crippen LogP contribution in [0.2, 0.25) is 0 Å². The number of hydrogen-bond donors (Lipinski definition) is 1. The van der Waals surface area contributed by atoms with E-state index in [4.69, 9.17) is 18.9 Å². The molecule has 0 atom stereocenters. The Balaban J connectivity index is 1.40. The highest BCUT2D eigenvalue weighted by atomic mass is 79.9. The first-order valence-corrected chi connectivity index (χ1v) is 15.4. The summed E-state index contributed by atoms with van der Waals surface area (Å²) in [6.07, 6.45) is 1.51. The summed E-state index contributed by atoms with van der Waals surface area (Å²) in [4.78, 5) is 29.8. The minimum atomic E-state index is -1.02. The molecule has 0 unspecified atom stereocenters. The number of halogens is 3. The molecule has 220 valence electrons. The van der Waals surface area contributed by atoms with Crippen LogP contribution in [-0.2, 0) is 6.61 Å². The number of carboxylic acids is 1. The summed E-state index contributed by atoms with van der Waals surface area (Å²) >= 11 is 10.7. The van der Waals surface area contributed by atoms with Gasteiger partial charge in [-0.15, -0.1) is 0 Å². The van der Waals surface area contributed by atoms with Gasteiger partial charge in [-0.25, -0.2) is 9.78 Å². The van der Waals surface area contributed by atoms with Gasteiger partial charge in [0.05, 0.1) is 34.3 Å². The highest BCUT2D eigenvalue weighted by Crippen LogP contribution is 2.42. The minimum Gasteiger partial charge on any atom is -0.493 e. The van der Waals surface area contributed by atoms with Crippen molar-refractivity contribution in [3.63, 3.8) is 0 Å². The van der Waals surface area contributed by atoms with Gasteiger partial charge in [-0.2, -0.15) is 9.78 Å². The highest BCUT2D eigenvalue weighted by molar-refractivity contribution is 9.13. The van der Waals surface area contributed by atoms with Crippen LogP contribution in [0.1, 0.15) is 21.5 Å². The largest absolute Gasteiger partial charge is 0.493 e. The lowest BCUT2D eigenvalue weighted by molar-refractivity contribution is 0.0696. The third-order valence-electron chi connectivity index (χ3n) is 6.70. The van der Waals surface area contributed by atoms with E-state index in [1.807, 2.05) is 30.3 Å². The fraction of sp³-hybridized carbons (Fsp3) is 0.0625. The lowest BCUT2D eigenvalue weighted by Crippen LogP contribution is -2.20. The second kappa shape index (κ2) is 12.4. The number of furan rings is 1. The number of fused-ring (bicyclic) bond motifs is 2. The van der Waals surface area contributed by atoms with Crippen LogP contribution in [0.25, 0.3) is 33.5 Å². The van der Waals surface area contributed by atoms with E-state index < -0.39 is 5.97 Å². The van der Waals surface area contributed by atoms with Gasteiger partial charge < -0.3 is 19.0 Å². The van der Waals surface area contributed by atoms with Crippen molar-refractivity contribution in [1.29, 1.82) is 0 Å². The van der Waals surface area contributed by atoms with Gasteiger partial charge >= 0.3 is 5.97 Å². The molecule has 12 heteroatoms.